The lowest BCUT2D eigenvalue weighted by Gasteiger charge is -2.25. The van der Waals surface area contributed by atoms with E-state index in [1.807, 2.05) is 11.8 Å². The van der Waals surface area contributed by atoms with Crippen LogP contribution < -0.4 is 0 Å². The zero-order chi connectivity index (χ0) is 7.40. The Bertz CT molecular complexity index is 75.7. The van der Waals surface area contributed by atoms with E-state index in [1.165, 1.54) is 11.5 Å². The van der Waals surface area contributed by atoms with Crippen molar-refractivity contribution in [3.8, 4) is 0 Å². The second-order valence-electron chi connectivity index (χ2n) is 2.14. The predicted octanol–water partition coefficient (Wildman–Crippen LogP) is 2.45. The predicted molar refractivity (Wildman–Crippen MR) is 59.9 cm³/mol. The van der Waals surface area contributed by atoms with Crippen molar-refractivity contribution in [2.45, 2.75) is 9.83 Å². The Morgan fingerprint density at radius 1 is 1.50 bits per heavy atom. The minimum absolute atomic E-state index is 0.803. The first-order valence-electron chi connectivity index (χ1n) is 3.23. The summed E-state index contributed by atoms with van der Waals surface area (Å²) < 4.78 is 0.834. The Balaban J connectivity index is 2.17. The van der Waals surface area contributed by atoms with E-state index in [2.05, 4.69) is 42.4 Å². The molecule has 1 aliphatic heterocycles. The van der Waals surface area contributed by atoms with Crippen LogP contribution in [0.3, 0.4) is 0 Å². The van der Waals surface area contributed by atoms with Gasteiger partial charge in [-0.15, -0.1) is 11.8 Å². The van der Waals surface area contributed by atoms with E-state index in [-0.39, 0.29) is 0 Å². The van der Waals surface area contributed by atoms with Crippen LogP contribution in [0, 0.1) is 0 Å². The molecule has 1 rings (SSSR count). The van der Waals surface area contributed by atoms with Crippen LogP contribution in [-0.4, -0.2) is 33.3 Å². The van der Waals surface area contributed by atoms with Gasteiger partial charge in [0.25, 0.3) is 0 Å². The first-order chi connectivity index (χ1) is 4.86. The molecule has 0 nitrogen and oxygen atoms in total. The molecule has 0 aromatic rings. The van der Waals surface area contributed by atoms with E-state index in [0.29, 0.717) is 0 Å². The normalized spacial score (nSPS) is 34.2. The molecular formula is C6H12S4. The lowest BCUT2D eigenvalue weighted by atomic mass is 10.5. The largest absolute Gasteiger partial charge is 0.178 e. The maximum atomic E-state index is 4.28. The summed E-state index contributed by atoms with van der Waals surface area (Å²) in [5.41, 5.74) is 0. The average molecular weight is 212 g/mol. The highest BCUT2D eigenvalue weighted by atomic mass is 32.2. The Kier molecular flexibility index (Phi) is 4.86. The number of rotatable bonds is 2. The number of hydrogen-bond donors (Lipinski definition) is 1. The fourth-order valence-electron chi connectivity index (χ4n) is 0.767. The lowest BCUT2D eigenvalue weighted by Crippen LogP contribution is -2.20. The maximum absolute atomic E-state index is 4.28. The summed E-state index contributed by atoms with van der Waals surface area (Å²) in [4.78, 5) is 0. The fourth-order valence-corrected chi connectivity index (χ4v) is 5.27. The van der Waals surface area contributed by atoms with Crippen LogP contribution in [0.2, 0.25) is 0 Å². The molecule has 1 saturated heterocycles. The van der Waals surface area contributed by atoms with Gasteiger partial charge in [-0.05, 0) is 6.26 Å². The summed E-state index contributed by atoms with van der Waals surface area (Å²) in [6, 6.07) is 0. The van der Waals surface area contributed by atoms with Gasteiger partial charge in [0.2, 0.25) is 0 Å². The molecule has 0 bridgehead atoms. The molecule has 10 heavy (non-hydrogen) atoms. The standard InChI is InChI=1S/C6H12S4/c1-8-6-4-9-5(2-7)3-10-6/h5-7H,2-4H2,1H3. The quantitative estimate of drug-likeness (QED) is 0.699. The molecule has 0 amide bonds. The van der Waals surface area contributed by atoms with E-state index in [0.717, 1.165) is 15.6 Å². The van der Waals surface area contributed by atoms with Crippen LogP contribution in [-0.2, 0) is 0 Å². The highest BCUT2D eigenvalue weighted by Crippen LogP contribution is 2.34. The summed E-state index contributed by atoms with van der Waals surface area (Å²) in [7, 11) is 0. The van der Waals surface area contributed by atoms with Crippen molar-refractivity contribution < 1.29 is 0 Å². The molecule has 1 fully saturated rings. The van der Waals surface area contributed by atoms with Crippen molar-refractivity contribution in [3.05, 3.63) is 0 Å². The minimum Gasteiger partial charge on any atom is -0.178 e. The Morgan fingerprint density at radius 2 is 2.30 bits per heavy atom. The SMILES string of the molecule is CSC1CSC(CS)CS1. The second kappa shape index (κ2) is 5.12. The molecule has 2 atom stereocenters. The van der Waals surface area contributed by atoms with Gasteiger partial charge in [0.15, 0.2) is 0 Å². The molecule has 0 aliphatic carbocycles. The van der Waals surface area contributed by atoms with Crippen LogP contribution in [0.4, 0.5) is 0 Å². The topological polar surface area (TPSA) is 0 Å². The van der Waals surface area contributed by atoms with Crippen molar-refractivity contribution in [1.29, 1.82) is 0 Å². The van der Waals surface area contributed by atoms with Crippen molar-refractivity contribution in [1.82, 2.24) is 0 Å². The van der Waals surface area contributed by atoms with Crippen LogP contribution in [0.1, 0.15) is 0 Å². The molecule has 0 radical (unpaired) electrons. The zero-order valence-electron chi connectivity index (χ0n) is 5.95. The van der Waals surface area contributed by atoms with Crippen molar-refractivity contribution in [2.75, 3.05) is 23.5 Å². The van der Waals surface area contributed by atoms with Crippen LogP contribution in [0.25, 0.3) is 0 Å². The first kappa shape index (κ1) is 9.49. The summed E-state index contributed by atoms with van der Waals surface area (Å²) in [5.74, 6) is 3.63. The third-order valence-corrected chi connectivity index (χ3v) is 6.87. The highest BCUT2D eigenvalue weighted by Gasteiger charge is 2.19. The zero-order valence-corrected chi connectivity index (χ0v) is 9.29. The third-order valence-electron chi connectivity index (χ3n) is 1.40. The smallest absolute Gasteiger partial charge is 0.0590 e. The Labute approximate surface area is 81.1 Å². The second-order valence-corrected chi connectivity index (χ2v) is 6.41. The number of thioether (sulfide) groups is 3. The van der Waals surface area contributed by atoms with Crippen molar-refractivity contribution >= 4 is 47.9 Å². The van der Waals surface area contributed by atoms with E-state index < -0.39 is 0 Å². The number of thiol groups is 1. The molecular weight excluding hydrogens is 200 g/mol. The monoisotopic (exact) mass is 212 g/mol. The van der Waals surface area contributed by atoms with Gasteiger partial charge in [-0.1, -0.05) is 0 Å². The minimum atomic E-state index is 0.803. The van der Waals surface area contributed by atoms with Gasteiger partial charge in [-0.2, -0.15) is 36.2 Å². The van der Waals surface area contributed by atoms with Gasteiger partial charge in [-0.3, -0.25) is 0 Å². The van der Waals surface area contributed by atoms with Gasteiger partial charge in [0.1, 0.15) is 0 Å². The molecule has 4 heteroatoms. The van der Waals surface area contributed by atoms with Gasteiger partial charge in [-0.25, -0.2) is 0 Å². The summed E-state index contributed by atoms with van der Waals surface area (Å²) in [5, 5.41) is 0.803. The Hall–Kier alpha value is 1.40. The lowest BCUT2D eigenvalue weighted by molar-refractivity contribution is 1.13. The van der Waals surface area contributed by atoms with Crippen molar-refractivity contribution in [3.63, 3.8) is 0 Å². The third kappa shape index (κ3) is 2.80. The van der Waals surface area contributed by atoms with Gasteiger partial charge in [0, 0.05) is 22.5 Å². The van der Waals surface area contributed by atoms with E-state index in [1.54, 1.807) is 0 Å². The van der Waals surface area contributed by atoms with E-state index >= 15 is 0 Å². The fraction of sp³-hybridized carbons (Fsp3) is 1.00. The average Bonchev–Trinajstić information content (AvgIpc) is 2.05. The molecule has 0 spiro atoms. The molecule has 2 unspecified atom stereocenters. The van der Waals surface area contributed by atoms with Crippen LogP contribution in [0.15, 0.2) is 0 Å². The summed E-state index contributed by atoms with van der Waals surface area (Å²) in [6.45, 7) is 0. The van der Waals surface area contributed by atoms with Crippen LogP contribution >= 0.6 is 47.9 Å². The molecule has 0 aromatic heterocycles. The molecule has 0 aromatic carbocycles. The molecule has 1 aliphatic rings. The Morgan fingerprint density at radius 3 is 2.70 bits per heavy atom. The van der Waals surface area contributed by atoms with Gasteiger partial charge >= 0.3 is 0 Å². The van der Waals surface area contributed by atoms with Crippen molar-refractivity contribution in [2.24, 2.45) is 0 Å². The molecule has 0 N–H and O–H groups in total. The summed E-state index contributed by atoms with van der Waals surface area (Å²) in [6.07, 6.45) is 2.19. The molecule has 0 saturated carbocycles. The van der Waals surface area contributed by atoms with Gasteiger partial charge in [0.05, 0.1) is 4.58 Å². The van der Waals surface area contributed by atoms with Gasteiger partial charge < -0.3 is 0 Å². The van der Waals surface area contributed by atoms with E-state index in [9.17, 15) is 0 Å². The van der Waals surface area contributed by atoms with Crippen LogP contribution in [0.5, 0.6) is 0 Å². The summed E-state index contributed by atoms with van der Waals surface area (Å²) >= 11 is 10.4. The first-order valence-corrected chi connectivity index (χ1v) is 7.25. The maximum Gasteiger partial charge on any atom is 0.0590 e. The number of hydrogen-bond acceptors (Lipinski definition) is 4. The molecule has 1 heterocycles. The highest BCUT2D eigenvalue weighted by molar-refractivity contribution is 8.19. The van der Waals surface area contributed by atoms with E-state index in [4.69, 9.17) is 0 Å². The molecule has 60 valence electrons.